The van der Waals surface area contributed by atoms with E-state index < -0.39 is 0 Å². The van der Waals surface area contributed by atoms with Crippen molar-refractivity contribution in [2.24, 2.45) is 0 Å². The number of hydrogen-bond donors (Lipinski definition) is 1. The van der Waals surface area contributed by atoms with Gasteiger partial charge in [0.1, 0.15) is 23.1 Å². The first-order valence-electron chi connectivity index (χ1n) is 8.35. The van der Waals surface area contributed by atoms with Crippen molar-refractivity contribution in [2.45, 2.75) is 0 Å². The third-order valence-electron chi connectivity index (χ3n) is 4.02. The molecule has 4 nitrogen and oxygen atoms in total. The second kappa shape index (κ2) is 7.15. The number of nitrogens with one attached hydrogen (secondary N) is 1. The fourth-order valence-electron chi connectivity index (χ4n) is 2.75. The maximum atomic E-state index is 5.81. The highest BCUT2D eigenvalue weighted by Gasteiger charge is 2.04. The Morgan fingerprint density at radius 3 is 2.27 bits per heavy atom. The maximum absolute atomic E-state index is 5.81. The SMILES string of the molecule is COc1cccc2nc(Nc3ccc(Oc4ccccc4)cc3)ccc12. The molecular formula is C22H18N2O2. The lowest BCUT2D eigenvalue weighted by molar-refractivity contribution is 0.420. The van der Waals surface area contributed by atoms with Crippen LogP contribution in [0.25, 0.3) is 10.9 Å². The van der Waals surface area contributed by atoms with Gasteiger partial charge >= 0.3 is 0 Å². The van der Waals surface area contributed by atoms with Gasteiger partial charge in [0.15, 0.2) is 0 Å². The molecule has 3 aromatic carbocycles. The third kappa shape index (κ3) is 3.44. The molecule has 1 aromatic heterocycles. The van der Waals surface area contributed by atoms with Crippen LogP contribution in [-0.4, -0.2) is 12.1 Å². The zero-order valence-corrected chi connectivity index (χ0v) is 14.3. The van der Waals surface area contributed by atoms with Gasteiger partial charge in [0, 0.05) is 11.1 Å². The molecule has 1 heterocycles. The summed E-state index contributed by atoms with van der Waals surface area (Å²) in [6, 6.07) is 27.3. The second-order valence-corrected chi connectivity index (χ2v) is 5.79. The lowest BCUT2D eigenvalue weighted by Gasteiger charge is -2.10. The fourth-order valence-corrected chi connectivity index (χ4v) is 2.75. The van der Waals surface area contributed by atoms with Crippen LogP contribution >= 0.6 is 0 Å². The van der Waals surface area contributed by atoms with Gasteiger partial charge in [-0.05, 0) is 60.7 Å². The van der Waals surface area contributed by atoms with Gasteiger partial charge in [0.25, 0.3) is 0 Å². The molecule has 0 aliphatic rings. The minimum atomic E-state index is 0.780. The second-order valence-electron chi connectivity index (χ2n) is 5.79. The molecule has 4 aromatic rings. The van der Waals surface area contributed by atoms with E-state index in [1.54, 1.807) is 7.11 Å². The normalized spacial score (nSPS) is 10.5. The highest BCUT2D eigenvalue weighted by atomic mass is 16.5. The third-order valence-corrected chi connectivity index (χ3v) is 4.02. The van der Waals surface area contributed by atoms with E-state index in [-0.39, 0.29) is 0 Å². The van der Waals surface area contributed by atoms with E-state index in [2.05, 4.69) is 10.3 Å². The summed E-state index contributed by atoms with van der Waals surface area (Å²) in [6.07, 6.45) is 0. The van der Waals surface area contributed by atoms with Gasteiger partial charge in [-0.3, -0.25) is 0 Å². The van der Waals surface area contributed by atoms with Crippen molar-refractivity contribution < 1.29 is 9.47 Å². The first kappa shape index (κ1) is 16.0. The summed E-state index contributed by atoms with van der Waals surface area (Å²) < 4.78 is 11.2. The van der Waals surface area contributed by atoms with Gasteiger partial charge in [-0.2, -0.15) is 0 Å². The largest absolute Gasteiger partial charge is 0.496 e. The number of para-hydroxylation sites is 1. The van der Waals surface area contributed by atoms with Crippen LogP contribution in [0.4, 0.5) is 11.5 Å². The number of rotatable bonds is 5. The van der Waals surface area contributed by atoms with Gasteiger partial charge < -0.3 is 14.8 Å². The Kier molecular flexibility index (Phi) is 4.39. The predicted octanol–water partition coefficient (Wildman–Crippen LogP) is 5.78. The smallest absolute Gasteiger partial charge is 0.131 e. The Balaban J connectivity index is 1.51. The lowest BCUT2D eigenvalue weighted by atomic mass is 10.2. The van der Waals surface area contributed by atoms with Crippen LogP contribution < -0.4 is 14.8 Å². The number of hydrogen-bond acceptors (Lipinski definition) is 4. The highest BCUT2D eigenvalue weighted by Crippen LogP contribution is 2.27. The van der Waals surface area contributed by atoms with Gasteiger partial charge in [0.05, 0.1) is 12.6 Å². The van der Waals surface area contributed by atoms with Crippen molar-refractivity contribution in [3.05, 3.63) is 84.9 Å². The number of ether oxygens (including phenoxy) is 2. The summed E-state index contributed by atoms with van der Waals surface area (Å²) in [4.78, 5) is 4.65. The van der Waals surface area contributed by atoms with Crippen LogP contribution in [0.5, 0.6) is 17.2 Å². The number of aromatic nitrogens is 1. The number of methoxy groups -OCH3 is 1. The predicted molar refractivity (Wildman–Crippen MR) is 105 cm³/mol. The molecule has 1 N–H and O–H groups in total. The van der Waals surface area contributed by atoms with Crippen molar-refractivity contribution in [2.75, 3.05) is 12.4 Å². The van der Waals surface area contributed by atoms with Crippen LogP contribution in [0.15, 0.2) is 84.9 Å². The van der Waals surface area contributed by atoms with E-state index in [9.17, 15) is 0 Å². The highest BCUT2D eigenvalue weighted by molar-refractivity contribution is 5.86. The Hall–Kier alpha value is -3.53. The Labute approximate surface area is 152 Å². The number of nitrogens with zero attached hydrogens (tertiary/aromatic N) is 1. The molecule has 0 saturated heterocycles. The van der Waals surface area contributed by atoms with Gasteiger partial charge in [0.2, 0.25) is 0 Å². The molecular weight excluding hydrogens is 324 g/mol. The van der Waals surface area contributed by atoms with Gasteiger partial charge in [-0.1, -0.05) is 24.3 Å². The van der Waals surface area contributed by atoms with E-state index in [1.807, 2.05) is 84.9 Å². The molecule has 0 radical (unpaired) electrons. The lowest BCUT2D eigenvalue weighted by Crippen LogP contribution is -1.94. The average molecular weight is 342 g/mol. The molecule has 0 fully saturated rings. The first-order chi connectivity index (χ1) is 12.8. The standard InChI is InChI=1S/C22H18N2O2/c1-25-21-9-5-8-20-19(21)14-15-22(24-20)23-16-10-12-18(13-11-16)26-17-6-3-2-4-7-17/h2-15H,1H3,(H,23,24). The molecule has 0 atom stereocenters. The van der Waals surface area contributed by atoms with Crippen LogP contribution in [-0.2, 0) is 0 Å². The van der Waals surface area contributed by atoms with E-state index in [0.717, 1.165) is 39.7 Å². The molecule has 4 heteroatoms. The minimum Gasteiger partial charge on any atom is -0.496 e. The topological polar surface area (TPSA) is 43.4 Å². The first-order valence-corrected chi connectivity index (χ1v) is 8.35. The van der Waals surface area contributed by atoms with E-state index >= 15 is 0 Å². The molecule has 0 spiro atoms. The zero-order chi connectivity index (χ0) is 17.8. The molecule has 0 bridgehead atoms. The molecule has 0 unspecified atom stereocenters. The molecule has 0 aliphatic carbocycles. The molecule has 128 valence electrons. The van der Waals surface area contributed by atoms with Crippen molar-refractivity contribution in [3.63, 3.8) is 0 Å². The monoisotopic (exact) mass is 342 g/mol. The van der Waals surface area contributed by atoms with E-state index in [4.69, 9.17) is 9.47 Å². The Morgan fingerprint density at radius 2 is 1.50 bits per heavy atom. The van der Waals surface area contributed by atoms with E-state index in [1.165, 1.54) is 0 Å². The summed E-state index contributed by atoms with van der Waals surface area (Å²) in [5.41, 5.74) is 1.83. The molecule has 4 rings (SSSR count). The number of fused-ring (bicyclic) bond motifs is 1. The van der Waals surface area contributed by atoms with Gasteiger partial charge in [-0.25, -0.2) is 4.98 Å². The molecule has 0 saturated carbocycles. The Bertz CT molecular complexity index is 1020. The minimum absolute atomic E-state index is 0.780. The van der Waals surface area contributed by atoms with E-state index in [0.29, 0.717) is 0 Å². The summed E-state index contributed by atoms with van der Waals surface area (Å²) in [6.45, 7) is 0. The number of anilines is 2. The zero-order valence-electron chi connectivity index (χ0n) is 14.3. The summed E-state index contributed by atoms with van der Waals surface area (Å²) in [5.74, 6) is 3.21. The summed E-state index contributed by atoms with van der Waals surface area (Å²) >= 11 is 0. The summed E-state index contributed by atoms with van der Waals surface area (Å²) in [7, 11) is 1.67. The van der Waals surface area contributed by atoms with Crippen molar-refractivity contribution in [1.29, 1.82) is 0 Å². The fraction of sp³-hybridized carbons (Fsp3) is 0.0455. The average Bonchev–Trinajstić information content (AvgIpc) is 2.69. The van der Waals surface area contributed by atoms with Crippen LogP contribution in [0.3, 0.4) is 0 Å². The quantitative estimate of drug-likeness (QED) is 0.499. The molecule has 26 heavy (non-hydrogen) atoms. The van der Waals surface area contributed by atoms with Crippen molar-refractivity contribution in [3.8, 4) is 17.2 Å². The van der Waals surface area contributed by atoms with Crippen LogP contribution in [0.2, 0.25) is 0 Å². The molecule has 0 aliphatic heterocycles. The maximum Gasteiger partial charge on any atom is 0.131 e. The van der Waals surface area contributed by atoms with Crippen molar-refractivity contribution in [1.82, 2.24) is 4.98 Å². The van der Waals surface area contributed by atoms with Crippen LogP contribution in [0, 0.1) is 0 Å². The van der Waals surface area contributed by atoms with Gasteiger partial charge in [-0.15, -0.1) is 0 Å². The molecule has 0 amide bonds. The number of pyridine rings is 1. The van der Waals surface area contributed by atoms with Crippen molar-refractivity contribution >= 4 is 22.4 Å². The number of benzene rings is 3. The summed E-state index contributed by atoms with van der Waals surface area (Å²) in [5, 5.41) is 4.31. The Morgan fingerprint density at radius 1 is 0.731 bits per heavy atom. The van der Waals surface area contributed by atoms with Crippen LogP contribution in [0.1, 0.15) is 0 Å².